The minimum atomic E-state index is -0.198. The molecule has 3 aromatic rings. The van der Waals surface area contributed by atoms with Crippen LogP contribution in [0.15, 0.2) is 48.8 Å². The van der Waals surface area contributed by atoms with Crippen LogP contribution in [-0.4, -0.2) is 15.9 Å². The van der Waals surface area contributed by atoms with Crippen LogP contribution in [0, 0.1) is 0 Å². The van der Waals surface area contributed by atoms with Crippen LogP contribution in [0.1, 0.15) is 17.0 Å². The Balaban J connectivity index is 1.51. The van der Waals surface area contributed by atoms with E-state index in [4.69, 9.17) is 4.74 Å². The van der Waals surface area contributed by atoms with E-state index >= 15 is 0 Å². The second-order valence-corrected chi connectivity index (χ2v) is 5.71. The molecular formula is C16H14N2O2S. The number of esters is 1. The summed E-state index contributed by atoms with van der Waals surface area (Å²) in [6.07, 6.45) is 4.44. The maximum atomic E-state index is 11.7. The Bertz CT molecular complexity index is 707. The highest BCUT2D eigenvalue weighted by Crippen LogP contribution is 2.21. The van der Waals surface area contributed by atoms with Crippen molar-refractivity contribution in [1.29, 1.82) is 0 Å². The summed E-state index contributed by atoms with van der Waals surface area (Å²) in [5.74, 6) is -0.198. The van der Waals surface area contributed by atoms with Crippen molar-refractivity contribution in [3.05, 3.63) is 59.4 Å². The molecule has 4 nitrogen and oxygen atoms in total. The summed E-state index contributed by atoms with van der Waals surface area (Å²) in [7, 11) is 0. The summed E-state index contributed by atoms with van der Waals surface area (Å²) in [6, 6.07) is 11.6. The van der Waals surface area contributed by atoms with Gasteiger partial charge in [-0.05, 0) is 11.6 Å². The highest BCUT2D eigenvalue weighted by molar-refractivity contribution is 7.18. The molecule has 0 fully saturated rings. The number of rotatable bonds is 5. The third kappa shape index (κ3) is 3.64. The fourth-order valence-corrected chi connectivity index (χ4v) is 2.89. The molecule has 21 heavy (non-hydrogen) atoms. The zero-order chi connectivity index (χ0) is 14.5. The topological polar surface area (TPSA) is 52.1 Å². The lowest BCUT2D eigenvalue weighted by Crippen LogP contribution is -2.05. The van der Waals surface area contributed by atoms with E-state index in [1.165, 1.54) is 0 Å². The monoisotopic (exact) mass is 298 g/mol. The molecule has 0 N–H and O–H groups in total. The minimum absolute atomic E-state index is 0.198. The molecule has 106 valence electrons. The van der Waals surface area contributed by atoms with Crippen LogP contribution < -0.4 is 0 Å². The van der Waals surface area contributed by atoms with Crippen LogP contribution in [0.4, 0.5) is 0 Å². The highest BCUT2D eigenvalue weighted by Gasteiger charge is 2.08. The van der Waals surface area contributed by atoms with Crippen LogP contribution in [-0.2, 0) is 22.6 Å². The first kappa shape index (κ1) is 13.7. The SMILES string of the molecule is O=C(CCc1nc2cnccc2s1)OCc1ccccc1. The fraction of sp³-hybridized carbons (Fsp3) is 0.188. The Kier molecular flexibility index (Phi) is 4.21. The molecule has 0 bridgehead atoms. The summed E-state index contributed by atoms with van der Waals surface area (Å²) in [5, 5.41) is 0.940. The fourth-order valence-electron chi connectivity index (χ4n) is 1.95. The third-order valence-electron chi connectivity index (χ3n) is 3.02. The van der Waals surface area contributed by atoms with Gasteiger partial charge in [-0.25, -0.2) is 4.98 Å². The van der Waals surface area contributed by atoms with Crippen molar-refractivity contribution in [3.8, 4) is 0 Å². The lowest BCUT2D eigenvalue weighted by atomic mass is 10.2. The van der Waals surface area contributed by atoms with Crippen LogP contribution in [0.25, 0.3) is 10.2 Å². The molecule has 0 aliphatic heterocycles. The second kappa shape index (κ2) is 6.45. The molecule has 0 atom stereocenters. The molecule has 0 saturated heterocycles. The Labute approximate surface area is 126 Å². The molecule has 2 aromatic heterocycles. The zero-order valence-corrected chi connectivity index (χ0v) is 12.2. The van der Waals surface area contributed by atoms with Gasteiger partial charge in [0.05, 0.1) is 27.8 Å². The molecule has 5 heteroatoms. The van der Waals surface area contributed by atoms with Crippen LogP contribution in [0.2, 0.25) is 0 Å². The van der Waals surface area contributed by atoms with Crippen molar-refractivity contribution in [3.63, 3.8) is 0 Å². The average molecular weight is 298 g/mol. The standard InChI is InChI=1S/C16H14N2O2S/c19-16(20-11-12-4-2-1-3-5-12)7-6-15-18-13-10-17-9-8-14(13)21-15/h1-5,8-10H,6-7,11H2. The minimum Gasteiger partial charge on any atom is -0.461 e. The van der Waals surface area contributed by atoms with Gasteiger partial charge in [0, 0.05) is 12.6 Å². The number of pyridine rings is 1. The van der Waals surface area contributed by atoms with E-state index in [0.717, 1.165) is 20.8 Å². The van der Waals surface area contributed by atoms with E-state index < -0.39 is 0 Å². The molecule has 0 saturated carbocycles. The van der Waals surface area contributed by atoms with Gasteiger partial charge >= 0.3 is 5.97 Å². The Morgan fingerprint density at radius 3 is 2.86 bits per heavy atom. The Morgan fingerprint density at radius 1 is 1.19 bits per heavy atom. The molecular weight excluding hydrogens is 284 g/mol. The molecule has 0 aliphatic rings. The van der Waals surface area contributed by atoms with Crippen LogP contribution in [0.3, 0.4) is 0 Å². The number of carbonyl (C=O) groups excluding carboxylic acids is 1. The van der Waals surface area contributed by atoms with E-state index in [0.29, 0.717) is 19.4 Å². The normalized spacial score (nSPS) is 10.7. The van der Waals surface area contributed by atoms with Gasteiger partial charge in [-0.1, -0.05) is 30.3 Å². The first-order valence-electron chi connectivity index (χ1n) is 6.70. The van der Waals surface area contributed by atoms with Crippen molar-refractivity contribution in [1.82, 2.24) is 9.97 Å². The second-order valence-electron chi connectivity index (χ2n) is 4.60. The predicted octanol–water partition coefficient (Wildman–Crippen LogP) is 3.37. The summed E-state index contributed by atoms with van der Waals surface area (Å²) in [5.41, 5.74) is 1.88. The van der Waals surface area contributed by atoms with Crippen molar-refractivity contribution >= 4 is 27.5 Å². The van der Waals surface area contributed by atoms with Gasteiger partial charge < -0.3 is 4.74 Å². The van der Waals surface area contributed by atoms with Crippen LogP contribution >= 0.6 is 11.3 Å². The van der Waals surface area contributed by atoms with E-state index in [1.807, 2.05) is 36.4 Å². The number of aryl methyl sites for hydroxylation is 1. The predicted molar refractivity (Wildman–Crippen MR) is 82.0 cm³/mol. The van der Waals surface area contributed by atoms with Gasteiger partial charge in [-0.15, -0.1) is 11.3 Å². The lowest BCUT2D eigenvalue weighted by molar-refractivity contribution is -0.144. The quantitative estimate of drug-likeness (QED) is 0.678. The number of carbonyl (C=O) groups is 1. The number of thiazole rings is 1. The van der Waals surface area contributed by atoms with Gasteiger partial charge in [-0.3, -0.25) is 9.78 Å². The molecule has 1 aromatic carbocycles. The van der Waals surface area contributed by atoms with Gasteiger partial charge in [-0.2, -0.15) is 0 Å². The average Bonchev–Trinajstić information content (AvgIpc) is 2.95. The summed E-state index contributed by atoms with van der Waals surface area (Å²) >= 11 is 1.59. The summed E-state index contributed by atoms with van der Waals surface area (Å²) in [4.78, 5) is 20.2. The van der Waals surface area contributed by atoms with E-state index in [9.17, 15) is 4.79 Å². The summed E-state index contributed by atoms with van der Waals surface area (Å²) < 4.78 is 6.34. The molecule has 0 aliphatic carbocycles. The van der Waals surface area contributed by atoms with Crippen molar-refractivity contribution < 1.29 is 9.53 Å². The summed E-state index contributed by atoms with van der Waals surface area (Å²) in [6.45, 7) is 0.323. The van der Waals surface area contributed by atoms with E-state index in [1.54, 1.807) is 23.7 Å². The maximum absolute atomic E-state index is 11.7. The number of benzene rings is 1. The van der Waals surface area contributed by atoms with Crippen molar-refractivity contribution in [2.75, 3.05) is 0 Å². The van der Waals surface area contributed by atoms with Crippen LogP contribution in [0.5, 0.6) is 0 Å². The number of hydrogen-bond donors (Lipinski definition) is 0. The van der Waals surface area contributed by atoms with Crippen molar-refractivity contribution in [2.45, 2.75) is 19.4 Å². The molecule has 2 heterocycles. The van der Waals surface area contributed by atoms with E-state index in [2.05, 4.69) is 9.97 Å². The molecule has 0 unspecified atom stereocenters. The molecule has 0 radical (unpaired) electrons. The van der Waals surface area contributed by atoms with Gasteiger partial charge in [0.25, 0.3) is 0 Å². The maximum Gasteiger partial charge on any atom is 0.306 e. The first-order chi connectivity index (χ1) is 10.3. The number of hydrogen-bond acceptors (Lipinski definition) is 5. The van der Waals surface area contributed by atoms with Gasteiger partial charge in [0.1, 0.15) is 6.61 Å². The lowest BCUT2D eigenvalue weighted by Gasteiger charge is -2.03. The molecule has 0 spiro atoms. The number of fused-ring (bicyclic) bond motifs is 1. The Morgan fingerprint density at radius 2 is 2.05 bits per heavy atom. The Hall–Kier alpha value is -2.27. The smallest absolute Gasteiger partial charge is 0.306 e. The van der Waals surface area contributed by atoms with Gasteiger partial charge in [0.15, 0.2) is 0 Å². The zero-order valence-electron chi connectivity index (χ0n) is 11.4. The largest absolute Gasteiger partial charge is 0.461 e. The number of aromatic nitrogens is 2. The van der Waals surface area contributed by atoms with E-state index in [-0.39, 0.29) is 5.97 Å². The third-order valence-corrected chi connectivity index (χ3v) is 4.12. The number of ether oxygens (including phenoxy) is 1. The molecule has 0 amide bonds. The number of nitrogens with zero attached hydrogens (tertiary/aromatic N) is 2. The van der Waals surface area contributed by atoms with Gasteiger partial charge in [0.2, 0.25) is 0 Å². The first-order valence-corrected chi connectivity index (χ1v) is 7.52. The highest BCUT2D eigenvalue weighted by atomic mass is 32.1. The molecule has 3 rings (SSSR count). The van der Waals surface area contributed by atoms with Crippen molar-refractivity contribution in [2.24, 2.45) is 0 Å².